The fraction of sp³-hybridized carbons (Fsp3) is 0.250. The third-order valence-electron chi connectivity index (χ3n) is 3.21. The second kappa shape index (κ2) is 6.43. The van der Waals surface area contributed by atoms with Gasteiger partial charge in [0.15, 0.2) is 0 Å². The van der Waals surface area contributed by atoms with Gasteiger partial charge < -0.3 is 5.73 Å². The maximum absolute atomic E-state index is 12.8. The lowest BCUT2D eigenvalue weighted by Gasteiger charge is -2.15. The Morgan fingerprint density at radius 2 is 1.11 bits per heavy atom. The second-order valence-corrected chi connectivity index (χ2v) is 4.76. The Hall–Kier alpha value is -1.74. The lowest BCUT2D eigenvalue weighted by molar-refractivity contribution is 0.531. The predicted octanol–water partition coefficient (Wildman–Crippen LogP) is 3.32. The fourth-order valence-electron chi connectivity index (χ4n) is 2.15. The number of nitrogens with two attached hydrogens (primary N) is 1. The van der Waals surface area contributed by atoms with E-state index in [4.69, 9.17) is 5.73 Å². The topological polar surface area (TPSA) is 26.0 Å². The lowest BCUT2D eigenvalue weighted by Crippen LogP contribution is -2.19. The standard InChI is InChI=1S/C16H17F2N/c17-15-5-1-12(2-6-15)9-14(11-19)10-13-3-7-16(18)8-4-13/h1-8,14H,9-11,19H2. The first-order valence-corrected chi connectivity index (χ1v) is 6.36. The zero-order valence-electron chi connectivity index (χ0n) is 10.7. The average Bonchev–Trinajstić information content (AvgIpc) is 2.43. The van der Waals surface area contributed by atoms with Crippen molar-refractivity contribution in [3.63, 3.8) is 0 Å². The summed E-state index contributed by atoms with van der Waals surface area (Å²) in [6.07, 6.45) is 1.60. The highest BCUT2D eigenvalue weighted by Crippen LogP contribution is 2.15. The smallest absolute Gasteiger partial charge is 0.123 e. The highest BCUT2D eigenvalue weighted by Gasteiger charge is 2.09. The van der Waals surface area contributed by atoms with Gasteiger partial charge in [-0.25, -0.2) is 8.78 Å². The van der Waals surface area contributed by atoms with Crippen LogP contribution in [0, 0.1) is 17.6 Å². The third-order valence-corrected chi connectivity index (χ3v) is 3.21. The summed E-state index contributed by atoms with van der Waals surface area (Å²) in [5, 5.41) is 0. The molecule has 0 unspecified atom stereocenters. The van der Waals surface area contributed by atoms with Crippen molar-refractivity contribution in [1.29, 1.82) is 0 Å². The normalized spacial score (nSPS) is 10.9. The number of hydrogen-bond acceptors (Lipinski definition) is 1. The van der Waals surface area contributed by atoms with Crippen molar-refractivity contribution in [2.45, 2.75) is 12.8 Å². The molecule has 2 aromatic carbocycles. The highest BCUT2D eigenvalue weighted by molar-refractivity contribution is 5.19. The Morgan fingerprint density at radius 1 is 0.737 bits per heavy atom. The Bertz CT molecular complexity index is 458. The molecule has 0 aliphatic heterocycles. The number of hydrogen-bond donors (Lipinski definition) is 1. The van der Waals surface area contributed by atoms with Crippen LogP contribution in [-0.2, 0) is 12.8 Å². The van der Waals surface area contributed by atoms with Crippen LogP contribution in [0.1, 0.15) is 11.1 Å². The zero-order valence-corrected chi connectivity index (χ0v) is 10.7. The van der Waals surface area contributed by atoms with Crippen LogP contribution in [0.4, 0.5) is 8.78 Å². The Labute approximate surface area is 112 Å². The molecule has 0 spiro atoms. The van der Waals surface area contributed by atoms with Crippen molar-refractivity contribution in [3.8, 4) is 0 Å². The first-order valence-electron chi connectivity index (χ1n) is 6.36. The summed E-state index contributed by atoms with van der Waals surface area (Å²) in [5.41, 5.74) is 7.92. The molecule has 2 N–H and O–H groups in total. The van der Waals surface area contributed by atoms with E-state index in [0.29, 0.717) is 6.54 Å². The summed E-state index contributed by atoms with van der Waals surface area (Å²) in [6, 6.07) is 13.0. The molecule has 2 aromatic rings. The van der Waals surface area contributed by atoms with Gasteiger partial charge in [0, 0.05) is 0 Å². The van der Waals surface area contributed by atoms with E-state index in [9.17, 15) is 8.78 Å². The van der Waals surface area contributed by atoms with Gasteiger partial charge in [0.2, 0.25) is 0 Å². The molecule has 0 aliphatic carbocycles. The molecule has 0 amide bonds. The number of halogens is 2. The van der Waals surface area contributed by atoms with Crippen molar-refractivity contribution in [1.82, 2.24) is 0 Å². The molecule has 100 valence electrons. The molecule has 0 bridgehead atoms. The molecule has 0 saturated heterocycles. The third kappa shape index (κ3) is 4.14. The molecule has 1 nitrogen and oxygen atoms in total. The summed E-state index contributed by atoms with van der Waals surface area (Å²) in [4.78, 5) is 0. The summed E-state index contributed by atoms with van der Waals surface area (Å²) in [7, 11) is 0. The second-order valence-electron chi connectivity index (χ2n) is 4.76. The van der Waals surface area contributed by atoms with Gasteiger partial charge in [-0.05, 0) is 60.7 Å². The largest absolute Gasteiger partial charge is 0.330 e. The van der Waals surface area contributed by atoms with E-state index < -0.39 is 0 Å². The maximum Gasteiger partial charge on any atom is 0.123 e. The van der Waals surface area contributed by atoms with Crippen LogP contribution in [0.5, 0.6) is 0 Å². The molecule has 19 heavy (non-hydrogen) atoms. The molecular formula is C16H17F2N. The van der Waals surface area contributed by atoms with Gasteiger partial charge >= 0.3 is 0 Å². The maximum atomic E-state index is 12.8. The van der Waals surface area contributed by atoms with E-state index in [1.807, 2.05) is 0 Å². The van der Waals surface area contributed by atoms with E-state index in [1.54, 1.807) is 24.3 Å². The van der Waals surface area contributed by atoms with Gasteiger partial charge in [0.05, 0.1) is 0 Å². The van der Waals surface area contributed by atoms with E-state index in [1.165, 1.54) is 24.3 Å². The minimum absolute atomic E-state index is 0.230. The van der Waals surface area contributed by atoms with Crippen molar-refractivity contribution >= 4 is 0 Å². The first-order chi connectivity index (χ1) is 9.17. The van der Waals surface area contributed by atoms with Crippen molar-refractivity contribution in [2.24, 2.45) is 11.7 Å². The summed E-state index contributed by atoms with van der Waals surface area (Å²) in [5.74, 6) is -0.186. The fourth-order valence-corrected chi connectivity index (χ4v) is 2.15. The van der Waals surface area contributed by atoms with E-state index >= 15 is 0 Å². The summed E-state index contributed by atoms with van der Waals surface area (Å²) < 4.78 is 25.7. The molecule has 2 rings (SSSR count). The monoisotopic (exact) mass is 261 g/mol. The van der Waals surface area contributed by atoms with Crippen molar-refractivity contribution in [3.05, 3.63) is 71.3 Å². The Balaban J connectivity index is 2.00. The molecule has 0 aliphatic rings. The molecular weight excluding hydrogens is 244 g/mol. The van der Waals surface area contributed by atoms with Crippen LogP contribution >= 0.6 is 0 Å². The van der Waals surface area contributed by atoms with Gasteiger partial charge in [-0.1, -0.05) is 24.3 Å². The SMILES string of the molecule is NCC(Cc1ccc(F)cc1)Cc1ccc(F)cc1. The van der Waals surface area contributed by atoms with Crippen LogP contribution in [-0.4, -0.2) is 6.54 Å². The highest BCUT2D eigenvalue weighted by atomic mass is 19.1. The molecule has 3 heteroatoms. The van der Waals surface area contributed by atoms with Gasteiger partial charge in [-0.15, -0.1) is 0 Å². The summed E-state index contributed by atoms with van der Waals surface area (Å²) >= 11 is 0. The Kier molecular flexibility index (Phi) is 4.63. The Morgan fingerprint density at radius 3 is 1.42 bits per heavy atom. The number of rotatable bonds is 5. The van der Waals surface area contributed by atoms with Crippen LogP contribution in [0.3, 0.4) is 0 Å². The minimum Gasteiger partial charge on any atom is -0.330 e. The van der Waals surface area contributed by atoms with E-state index in [0.717, 1.165) is 24.0 Å². The molecule has 0 saturated carbocycles. The molecule has 0 radical (unpaired) electrons. The van der Waals surface area contributed by atoms with Crippen LogP contribution in [0.15, 0.2) is 48.5 Å². The van der Waals surface area contributed by atoms with E-state index in [-0.39, 0.29) is 17.6 Å². The molecule has 0 heterocycles. The molecule has 0 fully saturated rings. The van der Waals surface area contributed by atoms with Crippen LogP contribution in [0.25, 0.3) is 0 Å². The van der Waals surface area contributed by atoms with Gasteiger partial charge in [0.1, 0.15) is 11.6 Å². The van der Waals surface area contributed by atoms with Crippen LogP contribution in [0.2, 0.25) is 0 Å². The van der Waals surface area contributed by atoms with Gasteiger partial charge in [-0.3, -0.25) is 0 Å². The van der Waals surface area contributed by atoms with Gasteiger partial charge in [-0.2, -0.15) is 0 Å². The predicted molar refractivity (Wildman–Crippen MR) is 72.8 cm³/mol. The van der Waals surface area contributed by atoms with Crippen molar-refractivity contribution < 1.29 is 8.78 Å². The van der Waals surface area contributed by atoms with E-state index in [2.05, 4.69) is 0 Å². The quantitative estimate of drug-likeness (QED) is 0.877. The molecule has 0 aromatic heterocycles. The van der Waals surface area contributed by atoms with Crippen molar-refractivity contribution in [2.75, 3.05) is 6.54 Å². The first kappa shape index (κ1) is 13.7. The zero-order chi connectivity index (χ0) is 13.7. The summed E-state index contributed by atoms with van der Waals surface area (Å²) in [6.45, 7) is 0.550. The van der Waals surface area contributed by atoms with Crippen LogP contribution < -0.4 is 5.73 Å². The van der Waals surface area contributed by atoms with Gasteiger partial charge in [0.25, 0.3) is 0 Å². The average molecular weight is 261 g/mol. The molecule has 0 atom stereocenters. The lowest BCUT2D eigenvalue weighted by atomic mass is 9.92. The minimum atomic E-state index is -0.230. The number of benzene rings is 2.